The van der Waals surface area contributed by atoms with Crippen molar-refractivity contribution in [1.82, 2.24) is 0 Å². The largest absolute Gasteiger partial charge is 0.469 e. The number of methoxy groups -OCH3 is 1. The Kier molecular flexibility index (Phi) is 3.27. The minimum Gasteiger partial charge on any atom is -0.469 e. The summed E-state index contributed by atoms with van der Waals surface area (Å²) >= 11 is 0. The molecule has 1 heterocycles. The number of hydrogen-bond donors (Lipinski definition) is 0. The molecule has 0 radical (unpaired) electrons. The van der Waals surface area contributed by atoms with Gasteiger partial charge in [-0.1, -0.05) is 11.8 Å². The van der Waals surface area contributed by atoms with Crippen LogP contribution in [-0.4, -0.2) is 19.4 Å². The summed E-state index contributed by atoms with van der Waals surface area (Å²) in [5.41, 5.74) is 1.45. The summed E-state index contributed by atoms with van der Waals surface area (Å²) in [6.07, 6.45) is 2.07. The number of fused-ring (bicyclic) bond motifs is 4. The summed E-state index contributed by atoms with van der Waals surface area (Å²) in [4.78, 5) is 34.7. The van der Waals surface area contributed by atoms with E-state index < -0.39 is 5.63 Å². The normalized spacial score (nSPS) is 23.8. The molecule has 2 aliphatic carbocycles. The van der Waals surface area contributed by atoms with Crippen LogP contribution in [0.4, 0.5) is 0 Å². The smallest absolute Gasteiger partial charge is 0.346 e. The van der Waals surface area contributed by atoms with Crippen LogP contribution in [0.1, 0.15) is 40.2 Å². The van der Waals surface area contributed by atoms with Crippen LogP contribution in [0.5, 0.6) is 0 Å². The van der Waals surface area contributed by atoms with Gasteiger partial charge in [0.05, 0.1) is 13.0 Å². The van der Waals surface area contributed by atoms with E-state index in [0.717, 1.165) is 24.0 Å². The average Bonchev–Trinajstić information content (AvgIpc) is 3.28. The van der Waals surface area contributed by atoms with Crippen LogP contribution in [0.25, 0.3) is 11.0 Å². The molecule has 0 saturated heterocycles. The number of esters is 1. The maximum atomic E-state index is 12.0. The van der Waals surface area contributed by atoms with Gasteiger partial charge in [0.1, 0.15) is 11.1 Å². The molecule has 0 N–H and O–H groups in total. The van der Waals surface area contributed by atoms with Crippen molar-refractivity contribution in [2.24, 2.45) is 11.8 Å². The van der Waals surface area contributed by atoms with Gasteiger partial charge in [0.25, 0.3) is 0 Å². The van der Waals surface area contributed by atoms with E-state index in [1.54, 1.807) is 6.07 Å². The van der Waals surface area contributed by atoms with Crippen molar-refractivity contribution < 1.29 is 18.7 Å². The summed E-state index contributed by atoms with van der Waals surface area (Å²) in [6, 6.07) is 5.12. The molecule has 1 aromatic heterocycles. The van der Waals surface area contributed by atoms with Crippen LogP contribution < -0.4 is 5.63 Å². The summed E-state index contributed by atoms with van der Waals surface area (Å²) in [5.74, 6) is 6.14. The second kappa shape index (κ2) is 5.34. The van der Waals surface area contributed by atoms with Crippen LogP contribution in [0, 0.1) is 23.7 Å². The first-order chi connectivity index (χ1) is 11.6. The van der Waals surface area contributed by atoms with Gasteiger partial charge in [0.15, 0.2) is 6.29 Å². The third-order valence-electron chi connectivity index (χ3n) is 4.89. The predicted molar refractivity (Wildman–Crippen MR) is 85.7 cm³/mol. The highest BCUT2D eigenvalue weighted by Gasteiger charge is 2.56. The van der Waals surface area contributed by atoms with Crippen molar-refractivity contribution in [3.8, 4) is 11.8 Å². The Hall–Kier alpha value is -2.87. The molecule has 0 bridgehead atoms. The lowest BCUT2D eigenvalue weighted by molar-refractivity contribution is -0.142. The summed E-state index contributed by atoms with van der Waals surface area (Å²) in [6.45, 7) is 0. The monoisotopic (exact) mass is 322 g/mol. The van der Waals surface area contributed by atoms with E-state index >= 15 is 0 Å². The van der Waals surface area contributed by atoms with Gasteiger partial charge in [0.2, 0.25) is 0 Å². The van der Waals surface area contributed by atoms with E-state index in [2.05, 4.69) is 11.8 Å². The summed E-state index contributed by atoms with van der Waals surface area (Å²) < 4.78 is 10.1. The molecular weight excluding hydrogens is 308 g/mol. The van der Waals surface area contributed by atoms with Gasteiger partial charge in [-0.2, -0.15) is 0 Å². The van der Waals surface area contributed by atoms with Crippen molar-refractivity contribution in [2.45, 2.75) is 18.8 Å². The van der Waals surface area contributed by atoms with E-state index in [-0.39, 0.29) is 29.3 Å². The number of benzene rings is 1. The Bertz CT molecular complexity index is 988. The van der Waals surface area contributed by atoms with Gasteiger partial charge in [-0.15, -0.1) is 0 Å². The van der Waals surface area contributed by atoms with Crippen molar-refractivity contribution in [2.75, 3.05) is 7.11 Å². The first-order valence-electron chi connectivity index (χ1n) is 7.77. The highest BCUT2D eigenvalue weighted by Crippen LogP contribution is 2.58. The Morgan fingerprint density at radius 3 is 2.96 bits per heavy atom. The van der Waals surface area contributed by atoms with Crippen molar-refractivity contribution in [1.29, 1.82) is 0 Å². The van der Waals surface area contributed by atoms with Gasteiger partial charge in [-0.3, -0.25) is 9.59 Å². The lowest BCUT2D eigenvalue weighted by Crippen LogP contribution is -2.07. The predicted octanol–water partition coefficient (Wildman–Crippen LogP) is 2.25. The lowest BCUT2D eigenvalue weighted by atomic mass is 9.96. The molecule has 2 aromatic rings. The Balaban J connectivity index is 1.91. The number of carbonyl (C=O) groups excluding carboxylic acids is 2. The maximum Gasteiger partial charge on any atom is 0.346 e. The number of hydrogen-bond acceptors (Lipinski definition) is 5. The molecule has 3 atom stereocenters. The van der Waals surface area contributed by atoms with Gasteiger partial charge in [0, 0.05) is 23.3 Å². The third-order valence-corrected chi connectivity index (χ3v) is 4.89. The molecule has 2 aliphatic rings. The Morgan fingerprint density at radius 1 is 1.38 bits per heavy atom. The van der Waals surface area contributed by atoms with E-state index in [4.69, 9.17) is 9.15 Å². The van der Waals surface area contributed by atoms with Crippen molar-refractivity contribution in [3.05, 3.63) is 45.3 Å². The molecule has 0 spiro atoms. The molecule has 1 aromatic carbocycles. The summed E-state index contributed by atoms with van der Waals surface area (Å²) in [7, 11) is 1.40. The first kappa shape index (κ1) is 14.7. The SMILES string of the molecule is COC(=O)C1C2CCC#Cc3cc4oc(=O)c(C=O)cc4cc3C21. The van der Waals surface area contributed by atoms with Gasteiger partial charge in [-0.05, 0) is 36.1 Å². The van der Waals surface area contributed by atoms with Gasteiger partial charge in [-0.25, -0.2) is 4.79 Å². The molecule has 0 aliphatic heterocycles. The Morgan fingerprint density at radius 2 is 2.21 bits per heavy atom. The third kappa shape index (κ3) is 2.15. The van der Waals surface area contributed by atoms with Crippen LogP contribution in [-0.2, 0) is 9.53 Å². The average molecular weight is 322 g/mol. The van der Waals surface area contributed by atoms with Crippen molar-refractivity contribution in [3.63, 3.8) is 0 Å². The number of aldehydes is 1. The second-order valence-electron chi connectivity index (χ2n) is 6.16. The van der Waals surface area contributed by atoms with E-state index in [1.807, 2.05) is 6.07 Å². The minimum atomic E-state index is -0.659. The molecule has 5 nitrogen and oxygen atoms in total. The molecule has 0 amide bonds. The highest BCUT2D eigenvalue weighted by atomic mass is 16.5. The molecule has 1 saturated carbocycles. The van der Waals surface area contributed by atoms with E-state index in [9.17, 15) is 14.4 Å². The lowest BCUT2D eigenvalue weighted by Gasteiger charge is -2.08. The second-order valence-corrected chi connectivity index (χ2v) is 6.16. The fraction of sp³-hybridized carbons (Fsp3) is 0.316. The first-order valence-corrected chi connectivity index (χ1v) is 7.77. The van der Waals surface area contributed by atoms with E-state index in [0.29, 0.717) is 17.3 Å². The fourth-order valence-corrected chi connectivity index (χ4v) is 3.68. The fourth-order valence-electron chi connectivity index (χ4n) is 3.68. The number of carbonyl (C=O) groups is 2. The standard InChI is InChI=1S/C19H14O5/c1-23-19(22)17-13-5-3-2-4-10-8-15-11(7-14(10)16(13)17)6-12(9-20)18(21)24-15/h6-9,13,16-17H,3,5H2,1H3. The van der Waals surface area contributed by atoms with Gasteiger partial charge >= 0.3 is 11.6 Å². The van der Waals surface area contributed by atoms with Gasteiger partial charge < -0.3 is 9.15 Å². The highest BCUT2D eigenvalue weighted by molar-refractivity contribution is 5.87. The minimum absolute atomic E-state index is 0.0174. The molecule has 3 unspecified atom stereocenters. The molecule has 5 heteroatoms. The zero-order chi connectivity index (χ0) is 16.8. The number of rotatable bonds is 2. The zero-order valence-electron chi connectivity index (χ0n) is 13.0. The topological polar surface area (TPSA) is 73.6 Å². The Labute approximate surface area is 137 Å². The molecule has 4 rings (SSSR count). The zero-order valence-corrected chi connectivity index (χ0v) is 13.0. The number of ether oxygens (including phenoxy) is 1. The molecule has 120 valence electrons. The summed E-state index contributed by atoms with van der Waals surface area (Å²) in [5, 5.41) is 0.659. The van der Waals surface area contributed by atoms with Crippen LogP contribution >= 0.6 is 0 Å². The van der Waals surface area contributed by atoms with Crippen LogP contribution in [0.3, 0.4) is 0 Å². The maximum absolute atomic E-state index is 12.0. The van der Waals surface area contributed by atoms with Crippen molar-refractivity contribution >= 4 is 23.2 Å². The quantitative estimate of drug-likeness (QED) is 0.367. The molecular formula is C19H14O5. The molecule has 1 fully saturated rings. The van der Waals surface area contributed by atoms with Crippen LogP contribution in [0.2, 0.25) is 0 Å². The van der Waals surface area contributed by atoms with Crippen LogP contribution in [0.15, 0.2) is 27.4 Å². The van der Waals surface area contributed by atoms with E-state index in [1.165, 1.54) is 13.2 Å². The molecule has 24 heavy (non-hydrogen) atoms.